The van der Waals surface area contributed by atoms with Crippen LogP contribution in [0.25, 0.3) is 0 Å². The molecule has 0 saturated carbocycles. The minimum Gasteiger partial charge on any atom is -0.358 e. The molecule has 12 heteroatoms. The third-order valence-electron chi connectivity index (χ3n) is 2.05. The van der Waals surface area contributed by atoms with E-state index < -0.39 is 41.6 Å². The molecule has 0 aromatic carbocycles. The van der Waals surface area contributed by atoms with Crippen molar-refractivity contribution in [3.8, 4) is 0 Å². The number of hydrogen-bond donors (Lipinski definition) is 6. The number of aliphatic hydroxyl groups is 4. The maximum absolute atomic E-state index is 10.8. The van der Waals surface area contributed by atoms with E-state index in [1.807, 2.05) is 0 Å². The molecule has 0 unspecified atom stereocenters. The third-order valence-corrected chi connectivity index (χ3v) is 3.84. The van der Waals surface area contributed by atoms with E-state index in [0.717, 1.165) is 0 Å². The van der Waals surface area contributed by atoms with Gasteiger partial charge in [-0.1, -0.05) is 0 Å². The smallest absolute Gasteiger partial charge is 0.296 e. The molecule has 0 aliphatic heterocycles. The first-order valence-corrected chi connectivity index (χ1v) is 6.87. The second-order valence-electron chi connectivity index (χ2n) is 3.40. The lowest BCUT2D eigenvalue weighted by Crippen LogP contribution is -2.57. The summed E-state index contributed by atoms with van der Waals surface area (Å²) in [5, 5.41) is 36.7. The van der Waals surface area contributed by atoms with E-state index in [1.165, 1.54) is 0 Å². The van der Waals surface area contributed by atoms with Crippen LogP contribution < -0.4 is 0 Å². The van der Waals surface area contributed by atoms with Crippen LogP contribution in [0.15, 0.2) is 22.0 Å². The van der Waals surface area contributed by atoms with Crippen molar-refractivity contribution in [2.24, 2.45) is 0 Å². The highest BCUT2D eigenvalue weighted by Crippen LogP contribution is 2.36. The van der Waals surface area contributed by atoms with E-state index in [-0.39, 0.29) is 12.2 Å². The van der Waals surface area contributed by atoms with Gasteiger partial charge in [0.25, 0.3) is 26.0 Å². The largest absolute Gasteiger partial charge is 0.358 e. The zero-order chi connectivity index (χ0) is 14.6. The van der Waals surface area contributed by atoms with Crippen LogP contribution in [0.4, 0.5) is 0 Å². The van der Waals surface area contributed by atoms with Crippen molar-refractivity contribution in [2.75, 3.05) is 0 Å². The average Bonchev–Trinajstić information content (AvgIpc) is 2.05. The lowest BCUT2D eigenvalue weighted by molar-refractivity contribution is -0.311. The molecule has 1 rings (SSSR count). The molecule has 10 nitrogen and oxygen atoms in total. The van der Waals surface area contributed by atoms with Crippen LogP contribution in [-0.4, -0.2) is 57.9 Å². The lowest BCUT2D eigenvalue weighted by Gasteiger charge is -2.35. The second kappa shape index (κ2) is 3.82. The van der Waals surface area contributed by atoms with Crippen molar-refractivity contribution >= 4 is 20.2 Å². The molecule has 6 N–H and O–H groups in total. The molecule has 1 aliphatic rings. The molecule has 104 valence electrons. The van der Waals surface area contributed by atoms with Gasteiger partial charge in [-0.15, -0.1) is 0 Å². The van der Waals surface area contributed by atoms with Gasteiger partial charge in [-0.05, 0) is 6.08 Å². The molecule has 0 aromatic heterocycles. The van der Waals surface area contributed by atoms with E-state index >= 15 is 0 Å². The van der Waals surface area contributed by atoms with Crippen LogP contribution in [-0.2, 0) is 20.2 Å². The molecule has 0 radical (unpaired) electrons. The van der Waals surface area contributed by atoms with Crippen LogP contribution in [0.1, 0.15) is 0 Å². The van der Waals surface area contributed by atoms with Gasteiger partial charge in [-0.2, -0.15) is 16.8 Å². The van der Waals surface area contributed by atoms with Crippen molar-refractivity contribution in [3.63, 3.8) is 0 Å². The third kappa shape index (κ3) is 2.45. The van der Waals surface area contributed by atoms with Crippen molar-refractivity contribution in [1.82, 2.24) is 0 Å². The van der Waals surface area contributed by atoms with Crippen molar-refractivity contribution in [3.05, 3.63) is 22.0 Å². The van der Waals surface area contributed by atoms with E-state index in [4.69, 9.17) is 19.3 Å². The SMILES string of the molecule is O=S(=O)(O)C1=CC(O)(O)C(O)(O)C(S(=O)(=O)O)=C1. The quantitative estimate of drug-likeness (QED) is 0.225. The standard InChI is InChI=1S/C6H8O10S2/c7-5(8)2-3(17(11,12)13)1-4(6(5,9)10)18(14,15)16/h1-2,7-10H,(H,11,12,13)(H,14,15,16). The maximum atomic E-state index is 10.8. The summed E-state index contributed by atoms with van der Waals surface area (Å²) in [5.41, 5.74) is 0. The van der Waals surface area contributed by atoms with Gasteiger partial charge >= 0.3 is 0 Å². The summed E-state index contributed by atoms with van der Waals surface area (Å²) in [5.74, 6) is -7.66. The van der Waals surface area contributed by atoms with Crippen LogP contribution in [0.3, 0.4) is 0 Å². The number of rotatable bonds is 2. The molecular formula is C6H8O10S2. The van der Waals surface area contributed by atoms with Crippen molar-refractivity contribution < 1.29 is 46.4 Å². The van der Waals surface area contributed by atoms with Crippen molar-refractivity contribution in [2.45, 2.75) is 11.6 Å². The van der Waals surface area contributed by atoms with E-state index in [2.05, 4.69) is 0 Å². The molecule has 0 saturated heterocycles. The summed E-state index contributed by atoms with van der Waals surface area (Å²) in [4.78, 5) is -3.17. The summed E-state index contributed by atoms with van der Waals surface area (Å²) in [6.45, 7) is 0. The fourth-order valence-electron chi connectivity index (χ4n) is 1.16. The van der Waals surface area contributed by atoms with Crippen LogP contribution in [0, 0.1) is 0 Å². The average molecular weight is 304 g/mol. The summed E-state index contributed by atoms with van der Waals surface area (Å²) >= 11 is 0. The molecule has 0 heterocycles. The second-order valence-corrected chi connectivity index (χ2v) is 6.22. The first-order valence-electron chi connectivity index (χ1n) is 3.99. The predicted molar refractivity (Wildman–Crippen MR) is 53.6 cm³/mol. The van der Waals surface area contributed by atoms with Crippen LogP contribution in [0.5, 0.6) is 0 Å². The van der Waals surface area contributed by atoms with Gasteiger partial charge in [0.1, 0.15) is 4.91 Å². The zero-order valence-corrected chi connectivity index (χ0v) is 9.92. The number of allylic oxidation sites excluding steroid dienone is 1. The fourth-order valence-corrected chi connectivity index (χ4v) is 2.60. The Hall–Kier alpha value is -0.860. The van der Waals surface area contributed by atoms with Gasteiger partial charge in [0.05, 0.1) is 4.91 Å². The Morgan fingerprint density at radius 3 is 1.67 bits per heavy atom. The molecule has 0 bridgehead atoms. The summed E-state index contributed by atoms with van der Waals surface area (Å²) in [6.07, 6.45) is -0.146. The van der Waals surface area contributed by atoms with Gasteiger partial charge < -0.3 is 20.4 Å². The highest BCUT2D eigenvalue weighted by atomic mass is 32.2. The summed E-state index contributed by atoms with van der Waals surface area (Å²) < 4.78 is 60.4. The topological polar surface area (TPSA) is 190 Å². The Morgan fingerprint density at radius 1 is 0.889 bits per heavy atom. The van der Waals surface area contributed by atoms with Gasteiger partial charge in [-0.3, -0.25) is 9.11 Å². The Balaban J connectivity index is 3.69. The molecule has 0 amide bonds. The molecule has 0 fully saturated rings. The Morgan fingerprint density at radius 2 is 1.33 bits per heavy atom. The molecule has 0 spiro atoms. The van der Waals surface area contributed by atoms with E-state index in [0.29, 0.717) is 0 Å². The normalized spacial score (nSPS) is 23.2. The monoisotopic (exact) mass is 304 g/mol. The van der Waals surface area contributed by atoms with Crippen LogP contribution in [0.2, 0.25) is 0 Å². The first kappa shape index (κ1) is 15.2. The first-order chi connectivity index (χ1) is 7.69. The van der Waals surface area contributed by atoms with Gasteiger partial charge in [0.2, 0.25) is 5.79 Å². The maximum Gasteiger partial charge on any atom is 0.296 e. The van der Waals surface area contributed by atoms with Gasteiger partial charge in [-0.25, -0.2) is 0 Å². The fraction of sp³-hybridized carbons (Fsp3) is 0.333. The highest BCUT2D eigenvalue weighted by molar-refractivity contribution is 7.91. The highest BCUT2D eigenvalue weighted by Gasteiger charge is 2.56. The molecule has 0 atom stereocenters. The molecule has 18 heavy (non-hydrogen) atoms. The lowest BCUT2D eigenvalue weighted by atomic mass is 10.0. The Bertz CT molecular complexity index is 632. The van der Waals surface area contributed by atoms with E-state index in [9.17, 15) is 27.0 Å². The minimum absolute atomic E-state index is 0.0324. The van der Waals surface area contributed by atoms with E-state index in [1.54, 1.807) is 0 Å². The van der Waals surface area contributed by atoms with Crippen LogP contribution >= 0.6 is 0 Å². The Kier molecular flexibility index (Phi) is 3.22. The molecule has 1 aliphatic carbocycles. The summed E-state index contributed by atoms with van der Waals surface area (Å²) in [7, 11) is -10.4. The van der Waals surface area contributed by atoms with Gasteiger partial charge in [0, 0.05) is 6.08 Å². The summed E-state index contributed by atoms with van der Waals surface area (Å²) in [6, 6.07) is 0. The predicted octanol–water partition coefficient (Wildman–Crippen LogP) is -3.09. The molecular weight excluding hydrogens is 296 g/mol. The Labute approximate surface area is 101 Å². The van der Waals surface area contributed by atoms with Crippen molar-refractivity contribution in [1.29, 1.82) is 0 Å². The zero-order valence-electron chi connectivity index (χ0n) is 8.29. The molecule has 0 aromatic rings. The van der Waals surface area contributed by atoms with Gasteiger partial charge in [0.15, 0.2) is 0 Å². The minimum atomic E-state index is -5.37. The number of hydrogen-bond acceptors (Lipinski definition) is 8.